The van der Waals surface area contributed by atoms with Crippen LogP contribution in [0, 0.1) is 6.92 Å². The number of aryl methyl sites for hydroxylation is 1. The van der Waals surface area contributed by atoms with Crippen molar-refractivity contribution >= 4 is 11.8 Å². The second-order valence-corrected chi connectivity index (χ2v) is 8.34. The van der Waals surface area contributed by atoms with Gasteiger partial charge in [-0.3, -0.25) is 9.59 Å². The van der Waals surface area contributed by atoms with Crippen LogP contribution >= 0.6 is 0 Å². The second kappa shape index (κ2) is 9.59. The Bertz CT molecular complexity index is 855. The lowest BCUT2D eigenvalue weighted by molar-refractivity contribution is -0.142. The van der Waals surface area contributed by atoms with Crippen LogP contribution in [0.15, 0.2) is 48.5 Å². The van der Waals surface area contributed by atoms with Crippen LogP contribution in [-0.2, 0) is 21.5 Å². The number of likely N-dealkylation sites (N-methyl/N-ethyl adjacent to an activating group) is 1. The van der Waals surface area contributed by atoms with Gasteiger partial charge in [-0.15, -0.1) is 0 Å². The van der Waals surface area contributed by atoms with Gasteiger partial charge in [0.25, 0.3) is 5.91 Å². The van der Waals surface area contributed by atoms with Crippen molar-refractivity contribution in [2.45, 2.75) is 52.6 Å². The summed E-state index contributed by atoms with van der Waals surface area (Å²) < 4.78 is 5.91. The van der Waals surface area contributed by atoms with Gasteiger partial charge in [0.05, 0.1) is 0 Å². The van der Waals surface area contributed by atoms with Gasteiger partial charge in [-0.1, -0.05) is 68.8 Å². The number of para-hydroxylation sites is 1. The number of hydrogen-bond donors (Lipinski definition) is 1. The summed E-state index contributed by atoms with van der Waals surface area (Å²) in [6.07, 6.45) is 0. The molecule has 5 heteroatoms. The second-order valence-electron chi connectivity index (χ2n) is 8.34. The number of nitrogens with one attached hydrogen (secondary N) is 1. The lowest BCUT2D eigenvalue weighted by atomic mass is 9.86. The van der Waals surface area contributed by atoms with Crippen molar-refractivity contribution in [2.24, 2.45) is 0 Å². The van der Waals surface area contributed by atoms with Crippen molar-refractivity contribution in [3.8, 4) is 5.75 Å². The van der Waals surface area contributed by atoms with Gasteiger partial charge in [-0.05, 0) is 36.5 Å². The first kappa shape index (κ1) is 22.5. The molecule has 1 atom stereocenters. The molecule has 0 spiro atoms. The molecule has 156 valence electrons. The Balaban J connectivity index is 2.21. The molecule has 2 amide bonds. The quantitative estimate of drug-likeness (QED) is 0.774. The highest BCUT2D eigenvalue weighted by Crippen LogP contribution is 2.31. The van der Waals surface area contributed by atoms with E-state index in [2.05, 4.69) is 26.1 Å². The third-order valence-corrected chi connectivity index (χ3v) is 4.90. The van der Waals surface area contributed by atoms with E-state index in [1.807, 2.05) is 55.5 Å². The van der Waals surface area contributed by atoms with Crippen LogP contribution in [-0.4, -0.2) is 36.4 Å². The van der Waals surface area contributed by atoms with E-state index in [9.17, 15) is 9.59 Å². The number of carbonyl (C=O) groups is 2. The smallest absolute Gasteiger partial charge is 0.261 e. The minimum Gasteiger partial charge on any atom is -0.483 e. The normalized spacial score (nSPS) is 12.2. The summed E-state index contributed by atoms with van der Waals surface area (Å²) in [5, 5.41) is 2.63. The molecule has 0 saturated heterocycles. The Hall–Kier alpha value is -2.82. The molecule has 2 aromatic rings. The SMILES string of the molecule is CNC(=O)C(C)N(Cc1cccc(C)c1)C(=O)COc1ccccc1C(C)(C)C. The molecular formula is C24H32N2O3. The monoisotopic (exact) mass is 396 g/mol. The fraction of sp³-hybridized carbons (Fsp3) is 0.417. The molecule has 0 radical (unpaired) electrons. The predicted octanol–water partition coefficient (Wildman–Crippen LogP) is 3.83. The summed E-state index contributed by atoms with van der Waals surface area (Å²) in [6.45, 7) is 10.3. The summed E-state index contributed by atoms with van der Waals surface area (Å²) in [5.74, 6) is 0.254. The molecule has 2 rings (SSSR count). The van der Waals surface area contributed by atoms with E-state index < -0.39 is 6.04 Å². The summed E-state index contributed by atoms with van der Waals surface area (Å²) in [5.41, 5.74) is 3.02. The van der Waals surface area contributed by atoms with Crippen molar-refractivity contribution < 1.29 is 14.3 Å². The number of hydrogen-bond acceptors (Lipinski definition) is 3. The van der Waals surface area contributed by atoms with Gasteiger partial charge in [-0.25, -0.2) is 0 Å². The Morgan fingerprint density at radius 1 is 1.10 bits per heavy atom. The first-order valence-corrected chi connectivity index (χ1v) is 9.92. The van der Waals surface area contributed by atoms with Crippen molar-refractivity contribution in [1.82, 2.24) is 10.2 Å². The maximum absolute atomic E-state index is 13.0. The fourth-order valence-electron chi connectivity index (χ4n) is 3.23. The summed E-state index contributed by atoms with van der Waals surface area (Å²) in [6, 6.07) is 15.1. The minimum absolute atomic E-state index is 0.101. The molecule has 0 aliphatic rings. The molecule has 0 aliphatic carbocycles. The number of rotatable bonds is 7. The molecule has 0 aliphatic heterocycles. The molecule has 2 aromatic carbocycles. The first-order chi connectivity index (χ1) is 13.6. The fourth-order valence-corrected chi connectivity index (χ4v) is 3.23. The lowest BCUT2D eigenvalue weighted by Crippen LogP contribution is -2.48. The maximum Gasteiger partial charge on any atom is 0.261 e. The largest absolute Gasteiger partial charge is 0.483 e. The zero-order chi connectivity index (χ0) is 21.6. The van der Waals surface area contributed by atoms with E-state index in [4.69, 9.17) is 4.74 Å². The van der Waals surface area contributed by atoms with Gasteiger partial charge < -0.3 is 15.0 Å². The highest BCUT2D eigenvalue weighted by Gasteiger charge is 2.26. The van der Waals surface area contributed by atoms with Gasteiger partial charge in [0.15, 0.2) is 6.61 Å². The van der Waals surface area contributed by atoms with Crippen LogP contribution in [0.3, 0.4) is 0 Å². The molecule has 5 nitrogen and oxygen atoms in total. The van der Waals surface area contributed by atoms with Crippen LogP contribution in [0.4, 0.5) is 0 Å². The third-order valence-electron chi connectivity index (χ3n) is 4.90. The Labute approximate surface area is 174 Å². The van der Waals surface area contributed by atoms with E-state index in [-0.39, 0.29) is 23.8 Å². The Morgan fingerprint density at radius 2 is 1.79 bits per heavy atom. The zero-order valence-electron chi connectivity index (χ0n) is 18.3. The lowest BCUT2D eigenvalue weighted by Gasteiger charge is -2.29. The van der Waals surface area contributed by atoms with E-state index in [1.165, 1.54) is 0 Å². The molecule has 1 unspecified atom stereocenters. The van der Waals surface area contributed by atoms with Crippen LogP contribution < -0.4 is 10.1 Å². The van der Waals surface area contributed by atoms with Gasteiger partial charge in [0, 0.05) is 13.6 Å². The molecular weight excluding hydrogens is 364 g/mol. The summed E-state index contributed by atoms with van der Waals surface area (Å²) in [4.78, 5) is 26.8. The summed E-state index contributed by atoms with van der Waals surface area (Å²) >= 11 is 0. The number of carbonyl (C=O) groups excluding carboxylic acids is 2. The minimum atomic E-state index is -0.602. The molecule has 0 aromatic heterocycles. The van der Waals surface area contributed by atoms with Crippen LogP contribution in [0.5, 0.6) is 5.75 Å². The Morgan fingerprint density at radius 3 is 2.41 bits per heavy atom. The number of ether oxygens (including phenoxy) is 1. The van der Waals surface area contributed by atoms with E-state index in [0.29, 0.717) is 12.3 Å². The third kappa shape index (κ3) is 6.08. The molecule has 0 heterocycles. The van der Waals surface area contributed by atoms with Gasteiger partial charge in [0.1, 0.15) is 11.8 Å². The molecule has 0 fully saturated rings. The molecule has 1 N–H and O–H groups in total. The van der Waals surface area contributed by atoms with Crippen molar-refractivity contribution in [1.29, 1.82) is 0 Å². The van der Waals surface area contributed by atoms with E-state index >= 15 is 0 Å². The summed E-state index contributed by atoms with van der Waals surface area (Å²) in [7, 11) is 1.57. The van der Waals surface area contributed by atoms with Crippen LogP contribution in [0.2, 0.25) is 0 Å². The van der Waals surface area contributed by atoms with Crippen LogP contribution in [0.1, 0.15) is 44.4 Å². The van der Waals surface area contributed by atoms with Crippen LogP contribution in [0.25, 0.3) is 0 Å². The average Bonchev–Trinajstić information content (AvgIpc) is 2.68. The van der Waals surface area contributed by atoms with Crippen molar-refractivity contribution in [3.63, 3.8) is 0 Å². The molecule has 0 saturated carbocycles. The highest BCUT2D eigenvalue weighted by atomic mass is 16.5. The van der Waals surface area contributed by atoms with Gasteiger partial charge in [-0.2, -0.15) is 0 Å². The standard InChI is InChI=1S/C24H32N2O3/c1-17-10-9-11-19(14-17)15-26(18(2)23(28)25-6)22(27)16-29-21-13-8-7-12-20(21)24(3,4)5/h7-14,18H,15-16H2,1-6H3,(H,25,28). The predicted molar refractivity (Wildman–Crippen MR) is 116 cm³/mol. The van der Waals surface area contributed by atoms with Crippen molar-refractivity contribution in [3.05, 3.63) is 65.2 Å². The topological polar surface area (TPSA) is 58.6 Å². The zero-order valence-corrected chi connectivity index (χ0v) is 18.3. The number of benzene rings is 2. The van der Waals surface area contributed by atoms with E-state index in [1.54, 1.807) is 18.9 Å². The van der Waals surface area contributed by atoms with Crippen molar-refractivity contribution in [2.75, 3.05) is 13.7 Å². The number of amides is 2. The maximum atomic E-state index is 13.0. The van der Waals surface area contributed by atoms with Gasteiger partial charge in [0.2, 0.25) is 5.91 Å². The highest BCUT2D eigenvalue weighted by molar-refractivity contribution is 5.87. The first-order valence-electron chi connectivity index (χ1n) is 9.92. The van der Waals surface area contributed by atoms with E-state index in [0.717, 1.165) is 16.7 Å². The molecule has 0 bridgehead atoms. The Kier molecular flexibility index (Phi) is 7.43. The average molecular weight is 397 g/mol. The molecule has 29 heavy (non-hydrogen) atoms. The number of nitrogens with zero attached hydrogens (tertiary/aromatic N) is 1. The van der Waals surface area contributed by atoms with Gasteiger partial charge >= 0.3 is 0 Å².